The molecule has 0 amide bonds. The lowest BCUT2D eigenvalue weighted by molar-refractivity contribution is 0.440. The van der Waals surface area contributed by atoms with Crippen LogP contribution in [0.15, 0.2) is 24.3 Å². The lowest BCUT2D eigenvalue weighted by atomic mass is 9.87. The molecule has 0 N–H and O–H groups in total. The summed E-state index contributed by atoms with van der Waals surface area (Å²) in [4.78, 5) is 0. The fourth-order valence-corrected chi connectivity index (χ4v) is 3.03. The van der Waals surface area contributed by atoms with Gasteiger partial charge in [-0.15, -0.1) is 0 Å². The maximum Gasteiger partial charge on any atom is 0.194 e. The van der Waals surface area contributed by atoms with Crippen LogP contribution >= 0.6 is 0 Å². The van der Waals surface area contributed by atoms with Gasteiger partial charge < -0.3 is 0 Å². The fourth-order valence-electron chi connectivity index (χ4n) is 3.03. The average Bonchev–Trinajstić information content (AvgIpc) is 2.53. The Morgan fingerprint density at radius 2 is 1.70 bits per heavy atom. The van der Waals surface area contributed by atoms with Crippen molar-refractivity contribution in [2.45, 2.75) is 32.6 Å². The van der Waals surface area contributed by atoms with Gasteiger partial charge in [0.25, 0.3) is 0 Å². The minimum atomic E-state index is -1.45. The molecule has 4 heteroatoms. The Labute approximate surface area is 132 Å². The molecular formula is C19H16F4. The van der Waals surface area contributed by atoms with E-state index in [1.165, 1.54) is 6.07 Å². The summed E-state index contributed by atoms with van der Waals surface area (Å²) in [7, 11) is 0. The van der Waals surface area contributed by atoms with Crippen LogP contribution in [0.4, 0.5) is 17.6 Å². The van der Waals surface area contributed by atoms with Crippen LogP contribution in [0.2, 0.25) is 0 Å². The Bertz CT molecular complexity index is 790. The van der Waals surface area contributed by atoms with E-state index in [0.717, 1.165) is 24.5 Å². The van der Waals surface area contributed by atoms with Crippen molar-refractivity contribution < 1.29 is 17.6 Å². The Morgan fingerprint density at radius 1 is 0.913 bits per heavy atom. The molecule has 1 aliphatic rings. The number of aryl methyl sites for hydroxylation is 1. The summed E-state index contributed by atoms with van der Waals surface area (Å²) in [5, 5.41) is 0. The van der Waals surface area contributed by atoms with E-state index in [9.17, 15) is 17.6 Å². The van der Waals surface area contributed by atoms with Gasteiger partial charge in [0.1, 0.15) is 5.82 Å². The average molecular weight is 320 g/mol. The zero-order valence-corrected chi connectivity index (χ0v) is 12.7. The summed E-state index contributed by atoms with van der Waals surface area (Å²) < 4.78 is 54.8. The van der Waals surface area contributed by atoms with Crippen LogP contribution < -0.4 is 0 Å². The van der Waals surface area contributed by atoms with Gasteiger partial charge in [-0.1, -0.05) is 31.6 Å². The molecule has 2 aromatic rings. The number of benzene rings is 2. The van der Waals surface area contributed by atoms with E-state index >= 15 is 0 Å². The third-order valence-electron chi connectivity index (χ3n) is 4.19. The van der Waals surface area contributed by atoms with Crippen molar-refractivity contribution in [2.24, 2.45) is 0 Å². The first-order valence-electron chi connectivity index (χ1n) is 7.67. The molecule has 3 rings (SSSR count). The molecule has 0 bridgehead atoms. The molecule has 2 aromatic carbocycles. The molecule has 1 aliphatic carbocycles. The van der Waals surface area contributed by atoms with E-state index in [1.54, 1.807) is 12.1 Å². The zero-order valence-electron chi connectivity index (χ0n) is 12.7. The Morgan fingerprint density at radius 3 is 2.39 bits per heavy atom. The molecule has 0 saturated heterocycles. The molecule has 0 saturated carbocycles. The minimum absolute atomic E-state index is 0.149. The van der Waals surface area contributed by atoms with Crippen LogP contribution in [0.1, 0.15) is 42.0 Å². The Kier molecular flexibility index (Phi) is 4.24. The highest BCUT2D eigenvalue weighted by molar-refractivity contribution is 5.84. The minimum Gasteiger partial charge on any atom is -0.206 e. The first-order chi connectivity index (χ1) is 11.0. The lowest BCUT2D eigenvalue weighted by Gasteiger charge is -2.18. The predicted molar refractivity (Wildman–Crippen MR) is 82.9 cm³/mol. The number of hydrogen-bond donors (Lipinski definition) is 0. The van der Waals surface area contributed by atoms with Crippen LogP contribution in [0, 0.1) is 23.3 Å². The molecule has 0 atom stereocenters. The summed E-state index contributed by atoms with van der Waals surface area (Å²) in [6.07, 6.45) is 3.88. The first kappa shape index (κ1) is 15.8. The summed E-state index contributed by atoms with van der Waals surface area (Å²) in [5.74, 6) is -4.16. The van der Waals surface area contributed by atoms with Gasteiger partial charge in [-0.2, -0.15) is 0 Å². The Hall–Kier alpha value is -2.10. The van der Waals surface area contributed by atoms with Gasteiger partial charge in [-0.3, -0.25) is 0 Å². The van der Waals surface area contributed by atoms with Crippen molar-refractivity contribution in [3.63, 3.8) is 0 Å². The topological polar surface area (TPSA) is 0 Å². The van der Waals surface area contributed by atoms with Gasteiger partial charge in [0.05, 0.1) is 0 Å². The van der Waals surface area contributed by atoms with Gasteiger partial charge in [0.2, 0.25) is 0 Å². The second kappa shape index (κ2) is 6.19. The third kappa shape index (κ3) is 2.90. The van der Waals surface area contributed by atoms with E-state index in [-0.39, 0.29) is 23.4 Å². The Balaban J connectivity index is 2.03. The predicted octanol–water partition coefficient (Wildman–Crippen LogP) is 5.68. The van der Waals surface area contributed by atoms with Crippen LogP contribution in [-0.2, 0) is 12.8 Å². The molecule has 0 nitrogen and oxygen atoms in total. The molecule has 0 heterocycles. The van der Waals surface area contributed by atoms with E-state index in [4.69, 9.17) is 0 Å². The molecule has 0 spiro atoms. The van der Waals surface area contributed by atoms with Crippen molar-refractivity contribution in [3.05, 3.63) is 69.8 Å². The summed E-state index contributed by atoms with van der Waals surface area (Å²) in [6, 6.07) is 6.04. The smallest absolute Gasteiger partial charge is 0.194 e. The maximum absolute atomic E-state index is 14.3. The fraction of sp³-hybridized carbons (Fsp3) is 0.263. The molecule has 0 unspecified atom stereocenters. The molecule has 0 aliphatic heterocycles. The molecule has 0 fully saturated rings. The van der Waals surface area contributed by atoms with E-state index in [1.807, 2.05) is 13.0 Å². The third-order valence-corrected chi connectivity index (χ3v) is 4.19. The normalized spacial score (nSPS) is 13.7. The number of fused-ring (bicyclic) bond motifs is 1. The van der Waals surface area contributed by atoms with Crippen LogP contribution in [0.3, 0.4) is 0 Å². The van der Waals surface area contributed by atoms with Crippen molar-refractivity contribution in [1.29, 1.82) is 0 Å². The number of hydrogen-bond acceptors (Lipinski definition) is 0. The monoisotopic (exact) mass is 320 g/mol. The maximum atomic E-state index is 14.3. The van der Waals surface area contributed by atoms with Crippen molar-refractivity contribution >= 4 is 11.6 Å². The van der Waals surface area contributed by atoms with Crippen molar-refractivity contribution in [2.75, 3.05) is 0 Å². The summed E-state index contributed by atoms with van der Waals surface area (Å²) in [5.41, 5.74) is 2.45. The van der Waals surface area contributed by atoms with Gasteiger partial charge >= 0.3 is 0 Å². The summed E-state index contributed by atoms with van der Waals surface area (Å²) >= 11 is 0. The van der Waals surface area contributed by atoms with Gasteiger partial charge in [-0.25, -0.2) is 17.6 Å². The van der Waals surface area contributed by atoms with Crippen LogP contribution in [0.25, 0.3) is 11.6 Å². The second-order valence-electron chi connectivity index (χ2n) is 5.79. The van der Waals surface area contributed by atoms with Gasteiger partial charge in [0, 0.05) is 5.56 Å². The standard InChI is InChI=1S/C19H16F4/c1-2-3-11-4-6-14(16(20)8-11)12-5-7-15-13(9-12)10-17(21)19(23)18(15)22/h4,6,8-10H,2-3,5,7H2,1H3. The molecule has 120 valence electrons. The lowest BCUT2D eigenvalue weighted by Crippen LogP contribution is -2.07. The molecule has 0 aromatic heterocycles. The first-order valence-corrected chi connectivity index (χ1v) is 7.67. The largest absolute Gasteiger partial charge is 0.206 e. The molecular weight excluding hydrogens is 304 g/mol. The van der Waals surface area contributed by atoms with Crippen molar-refractivity contribution in [1.82, 2.24) is 0 Å². The highest BCUT2D eigenvalue weighted by Crippen LogP contribution is 2.34. The van der Waals surface area contributed by atoms with Crippen molar-refractivity contribution in [3.8, 4) is 0 Å². The van der Waals surface area contributed by atoms with E-state index < -0.39 is 17.5 Å². The summed E-state index contributed by atoms with van der Waals surface area (Å²) in [6.45, 7) is 2.02. The molecule has 23 heavy (non-hydrogen) atoms. The highest BCUT2D eigenvalue weighted by atomic mass is 19.2. The quantitative estimate of drug-likeness (QED) is 0.504. The van der Waals surface area contributed by atoms with Crippen LogP contribution in [0.5, 0.6) is 0 Å². The van der Waals surface area contributed by atoms with Gasteiger partial charge in [-0.05, 0) is 53.7 Å². The van der Waals surface area contributed by atoms with Crippen LogP contribution in [-0.4, -0.2) is 0 Å². The highest BCUT2D eigenvalue weighted by Gasteiger charge is 2.22. The van der Waals surface area contributed by atoms with E-state index in [0.29, 0.717) is 17.6 Å². The number of allylic oxidation sites excluding steroid dienone is 1. The van der Waals surface area contributed by atoms with E-state index in [2.05, 4.69) is 0 Å². The molecule has 0 radical (unpaired) electrons. The number of rotatable bonds is 3. The van der Waals surface area contributed by atoms with Gasteiger partial charge in [0.15, 0.2) is 17.5 Å². The zero-order chi connectivity index (χ0) is 16.6. The number of halogens is 4. The second-order valence-corrected chi connectivity index (χ2v) is 5.79. The SMILES string of the molecule is CCCc1ccc(C2=Cc3cc(F)c(F)c(F)c3CC2)c(F)c1.